The van der Waals surface area contributed by atoms with Gasteiger partial charge in [0.25, 0.3) is 5.69 Å². The number of nitro groups is 1. The van der Waals surface area contributed by atoms with E-state index in [9.17, 15) is 14.9 Å². The molecule has 0 saturated heterocycles. The van der Waals surface area contributed by atoms with E-state index in [4.69, 9.17) is 16.3 Å². The van der Waals surface area contributed by atoms with Crippen LogP contribution in [0, 0.1) is 22.0 Å². The summed E-state index contributed by atoms with van der Waals surface area (Å²) in [5.41, 5.74) is 1.09. The van der Waals surface area contributed by atoms with Crippen molar-refractivity contribution < 1.29 is 9.66 Å². The van der Waals surface area contributed by atoms with E-state index in [-0.39, 0.29) is 17.7 Å². The number of benzene rings is 3. The summed E-state index contributed by atoms with van der Waals surface area (Å²) in [4.78, 5) is 24.2. The maximum absolute atomic E-state index is 13.2. The lowest BCUT2D eigenvalue weighted by Crippen LogP contribution is -2.07. The van der Waals surface area contributed by atoms with Crippen molar-refractivity contribution in [2.45, 2.75) is 0 Å². The summed E-state index contributed by atoms with van der Waals surface area (Å²) in [6.07, 6.45) is 0. The topological polar surface area (TPSA) is 69.4 Å². The average molecular weight is 448 g/mol. The molecule has 0 bridgehead atoms. The van der Waals surface area contributed by atoms with Crippen molar-refractivity contribution in [3.63, 3.8) is 0 Å². The van der Waals surface area contributed by atoms with Gasteiger partial charge >= 0.3 is 0 Å². The number of nitro benzene ring substituents is 1. The van der Waals surface area contributed by atoms with Crippen molar-refractivity contribution in [1.29, 1.82) is 0 Å². The minimum absolute atomic E-state index is 0.0155. The van der Waals surface area contributed by atoms with Gasteiger partial charge in [0.2, 0.25) is 5.43 Å². The predicted molar refractivity (Wildman–Crippen MR) is 124 cm³/mol. The van der Waals surface area contributed by atoms with E-state index in [1.165, 1.54) is 35.6 Å². The van der Waals surface area contributed by atoms with E-state index in [1.807, 2.05) is 36.4 Å². The maximum atomic E-state index is 13.2. The van der Waals surface area contributed by atoms with Crippen LogP contribution < -0.4 is 10.2 Å². The summed E-state index contributed by atoms with van der Waals surface area (Å²) in [6.45, 7) is 0.0315. The largest absolute Gasteiger partial charge is 0.481 e. The van der Waals surface area contributed by atoms with Crippen LogP contribution in [-0.2, 0) is 0 Å². The highest BCUT2D eigenvalue weighted by Gasteiger charge is 2.13. The second-order valence-electron chi connectivity index (χ2n) is 6.48. The zero-order chi connectivity index (χ0) is 21.8. The monoisotopic (exact) mass is 447 g/mol. The van der Waals surface area contributed by atoms with Crippen LogP contribution in [0.4, 0.5) is 5.69 Å². The molecule has 0 radical (unpaired) electrons. The smallest absolute Gasteiger partial charge is 0.269 e. The molecule has 3 aromatic carbocycles. The normalized spacial score (nSPS) is 10.4. The number of rotatable bonds is 4. The Balaban J connectivity index is 1.69. The number of hydrogen-bond acceptors (Lipinski definition) is 5. The number of fused-ring (bicyclic) bond motifs is 1. The van der Waals surface area contributed by atoms with Crippen LogP contribution >= 0.6 is 22.9 Å². The van der Waals surface area contributed by atoms with Gasteiger partial charge in [-0.1, -0.05) is 53.8 Å². The van der Waals surface area contributed by atoms with Gasteiger partial charge in [0.05, 0.1) is 15.4 Å². The van der Waals surface area contributed by atoms with Gasteiger partial charge in [-0.15, -0.1) is 11.3 Å². The van der Waals surface area contributed by atoms with Gasteiger partial charge in [-0.05, 0) is 35.9 Å². The molecule has 0 atom stereocenters. The first kappa shape index (κ1) is 20.6. The lowest BCUT2D eigenvalue weighted by atomic mass is 10.1. The quantitative estimate of drug-likeness (QED) is 0.221. The molecule has 7 heteroatoms. The van der Waals surface area contributed by atoms with Crippen molar-refractivity contribution >= 4 is 38.7 Å². The number of hydrogen-bond donors (Lipinski definition) is 0. The Hall–Kier alpha value is -3.66. The molecule has 0 saturated carbocycles. The van der Waals surface area contributed by atoms with E-state index in [1.54, 1.807) is 12.1 Å². The van der Waals surface area contributed by atoms with Crippen LogP contribution in [0.15, 0.2) is 77.6 Å². The summed E-state index contributed by atoms with van der Waals surface area (Å²) in [5.74, 6) is 6.31. The fourth-order valence-electron chi connectivity index (χ4n) is 2.98. The molecule has 0 unspecified atom stereocenters. The standard InChI is InChI=1S/C24H14ClNO4S/c25-17-8-13-22-21(15-17)23(27)20(24(31-22)16-5-2-1-3-6-16)7-4-14-30-19-11-9-18(10-12-19)26(28)29/h1-3,5-6,8-13,15H,14H2. The number of halogens is 1. The molecule has 0 aliphatic carbocycles. The fourth-order valence-corrected chi connectivity index (χ4v) is 4.27. The van der Waals surface area contributed by atoms with Crippen LogP contribution in [0.1, 0.15) is 5.56 Å². The third kappa shape index (κ3) is 4.58. The summed E-state index contributed by atoms with van der Waals surface area (Å²) in [5, 5.41) is 11.7. The van der Waals surface area contributed by atoms with Gasteiger partial charge in [0.15, 0.2) is 0 Å². The minimum Gasteiger partial charge on any atom is -0.481 e. The molecule has 0 spiro atoms. The Morgan fingerprint density at radius 2 is 1.77 bits per heavy atom. The first-order chi connectivity index (χ1) is 15.0. The van der Waals surface area contributed by atoms with Crippen LogP contribution in [-0.4, -0.2) is 11.5 Å². The molecule has 31 heavy (non-hydrogen) atoms. The summed E-state index contributed by atoms with van der Waals surface area (Å²) in [6, 6.07) is 20.6. The van der Waals surface area contributed by atoms with Crippen molar-refractivity contribution in [1.82, 2.24) is 0 Å². The van der Waals surface area contributed by atoms with E-state index in [2.05, 4.69) is 11.8 Å². The number of nitrogens with zero attached hydrogens (tertiary/aromatic N) is 1. The highest BCUT2D eigenvalue weighted by atomic mass is 35.5. The first-order valence-electron chi connectivity index (χ1n) is 9.21. The molecule has 152 valence electrons. The lowest BCUT2D eigenvalue weighted by molar-refractivity contribution is -0.384. The third-order valence-electron chi connectivity index (χ3n) is 4.46. The summed E-state index contributed by atoms with van der Waals surface area (Å²) in [7, 11) is 0. The van der Waals surface area contributed by atoms with E-state index in [0.29, 0.717) is 21.7 Å². The number of ether oxygens (including phenoxy) is 1. The Morgan fingerprint density at radius 1 is 1.03 bits per heavy atom. The van der Waals surface area contributed by atoms with Crippen LogP contribution in [0.25, 0.3) is 20.5 Å². The molecule has 5 nitrogen and oxygen atoms in total. The Labute approximate surface area is 186 Å². The Kier molecular flexibility index (Phi) is 5.99. The molecule has 0 N–H and O–H groups in total. The second-order valence-corrected chi connectivity index (χ2v) is 7.97. The zero-order valence-corrected chi connectivity index (χ0v) is 17.6. The van der Waals surface area contributed by atoms with Crippen molar-refractivity contribution in [3.8, 4) is 28.0 Å². The van der Waals surface area contributed by atoms with Gasteiger partial charge in [-0.2, -0.15) is 0 Å². The highest BCUT2D eigenvalue weighted by Crippen LogP contribution is 2.32. The van der Waals surface area contributed by atoms with Crippen molar-refractivity contribution in [2.75, 3.05) is 6.61 Å². The van der Waals surface area contributed by atoms with Crippen LogP contribution in [0.2, 0.25) is 5.02 Å². The molecule has 0 fully saturated rings. The molecule has 1 aromatic heterocycles. The van der Waals surface area contributed by atoms with Gasteiger partial charge in [-0.25, -0.2) is 0 Å². The van der Waals surface area contributed by atoms with E-state index < -0.39 is 4.92 Å². The molecule has 0 amide bonds. The van der Waals surface area contributed by atoms with Crippen molar-refractivity contribution in [2.24, 2.45) is 0 Å². The Morgan fingerprint density at radius 3 is 2.48 bits per heavy atom. The van der Waals surface area contributed by atoms with Crippen LogP contribution in [0.3, 0.4) is 0 Å². The van der Waals surface area contributed by atoms with E-state index >= 15 is 0 Å². The summed E-state index contributed by atoms with van der Waals surface area (Å²) >= 11 is 7.57. The molecular weight excluding hydrogens is 434 g/mol. The minimum atomic E-state index is -0.475. The SMILES string of the molecule is O=c1c(C#CCOc2ccc([N+](=O)[O-])cc2)c(-c2ccccc2)sc2ccc(Cl)cc12. The molecule has 4 aromatic rings. The van der Waals surface area contributed by atoms with Gasteiger partial charge in [-0.3, -0.25) is 14.9 Å². The average Bonchev–Trinajstić information content (AvgIpc) is 2.79. The predicted octanol–water partition coefficient (Wildman–Crippen LogP) is 5.92. The molecule has 0 aliphatic rings. The maximum Gasteiger partial charge on any atom is 0.269 e. The van der Waals surface area contributed by atoms with Crippen molar-refractivity contribution in [3.05, 3.63) is 104 Å². The second kappa shape index (κ2) is 9.00. The van der Waals surface area contributed by atoms with E-state index in [0.717, 1.165) is 15.1 Å². The third-order valence-corrected chi connectivity index (χ3v) is 5.92. The summed E-state index contributed by atoms with van der Waals surface area (Å²) < 4.78 is 6.37. The van der Waals surface area contributed by atoms with Gasteiger partial charge < -0.3 is 4.74 Å². The molecule has 4 rings (SSSR count). The fraction of sp³-hybridized carbons (Fsp3) is 0.0417. The van der Waals surface area contributed by atoms with Gasteiger partial charge in [0, 0.05) is 27.2 Å². The van der Waals surface area contributed by atoms with Gasteiger partial charge in [0.1, 0.15) is 12.4 Å². The first-order valence-corrected chi connectivity index (χ1v) is 10.4. The lowest BCUT2D eigenvalue weighted by Gasteiger charge is -2.07. The highest BCUT2D eigenvalue weighted by molar-refractivity contribution is 7.21. The number of non-ortho nitro benzene ring substituents is 1. The van der Waals surface area contributed by atoms with Crippen LogP contribution in [0.5, 0.6) is 5.75 Å². The zero-order valence-electron chi connectivity index (χ0n) is 16.0. The Bertz CT molecular complexity index is 1390. The molecule has 1 heterocycles. The molecule has 0 aliphatic heterocycles. The molecular formula is C24H14ClNO4S.